The zero-order valence-electron chi connectivity index (χ0n) is 31.8. The SMILES string of the molecule is C#CCN(Cc1ccc2nc(C)[nH]c(=O)c2c1)c1ccc(C(=O)N(C(=O)CC[C@H](N)C(=O)O)[C@@](C(=O)O)(C(c2ccccc2)C(C)(C)C)C(C)(C)C)cc1. The normalized spacial score (nSPS) is 14.0. The van der Waals surface area contributed by atoms with Crippen molar-refractivity contribution in [2.45, 2.75) is 85.4 Å². The van der Waals surface area contributed by atoms with Gasteiger partial charge in [-0.2, -0.15) is 0 Å². The van der Waals surface area contributed by atoms with Crippen LogP contribution in [0.5, 0.6) is 0 Å². The van der Waals surface area contributed by atoms with E-state index < -0.39 is 58.5 Å². The molecule has 1 aromatic heterocycles. The molecule has 4 aromatic rings. The quantitative estimate of drug-likeness (QED) is 0.124. The molecule has 3 atom stereocenters. The fourth-order valence-corrected chi connectivity index (χ4v) is 7.35. The van der Waals surface area contributed by atoms with Gasteiger partial charge in [0.2, 0.25) is 5.91 Å². The summed E-state index contributed by atoms with van der Waals surface area (Å²) in [5, 5.41) is 21.3. The van der Waals surface area contributed by atoms with E-state index in [0.29, 0.717) is 34.5 Å². The highest BCUT2D eigenvalue weighted by Crippen LogP contribution is 2.54. The maximum absolute atomic E-state index is 14.9. The monoisotopic (exact) mass is 735 g/mol. The Morgan fingerprint density at radius 3 is 2.11 bits per heavy atom. The summed E-state index contributed by atoms with van der Waals surface area (Å²) in [5.74, 6) is -2.23. The van der Waals surface area contributed by atoms with Crippen LogP contribution in [0, 0.1) is 30.1 Å². The second-order valence-electron chi connectivity index (χ2n) is 15.7. The highest BCUT2D eigenvalue weighted by Gasteiger charge is 2.64. The number of rotatable bonds is 13. The predicted octanol–water partition coefficient (Wildman–Crippen LogP) is 5.73. The number of anilines is 1. The van der Waals surface area contributed by atoms with E-state index in [9.17, 15) is 34.2 Å². The third kappa shape index (κ3) is 8.37. The number of nitrogens with one attached hydrogen (secondary N) is 1. The Morgan fingerprint density at radius 2 is 1.57 bits per heavy atom. The maximum atomic E-state index is 14.9. The molecule has 284 valence electrons. The van der Waals surface area contributed by atoms with Crippen LogP contribution in [-0.2, 0) is 20.9 Å². The average Bonchev–Trinajstić information content (AvgIpc) is 3.09. The summed E-state index contributed by atoms with van der Waals surface area (Å²) >= 11 is 0. The second kappa shape index (κ2) is 16.1. The van der Waals surface area contributed by atoms with Crippen molar-refractivity contribution in [1.29, 1.82) is 0 Å². The fourth-order valence-electron chi connectivity index (χ4n) is 7.35. The molecule has 0 saturated heterocycles. The lowest BCUT2D eigenvalue weighted by molar-refractivity contribution is -0.170. The molecule has 3 aromatic carbocycles. The number of nitrogens with zero attached hydrogens (tertiary/aromatic N) is 3. The lowest BCUT2D eigenvalue weighted by Crippen LogP contribution is -2.70. The van der Waals surface area contributed by atoms with Crippen molar-refractivity contribution < 1.29 is 29.4 Å². The van der Waals surface area contributed by atoms with Crippen LogP contribution in [0.3, 0.4) is 0 Å². The number of aromatic amines is 1. The number of fused-ring (bicyclic) bond motifs is 1. The van der Waals surface area contributed by atoms with E-state index in [0.717, 1.165) is 10.5 Å². The molecule has 12 nitrogen and oxygen atoms in total. The number of aliphatic carboxylic acids is 2. The van der Waals surface area contributed by atoms with Crippen molar-refractivity contribution in [3.05, 3.63) is 106 Å². The van der Waals surface area contributed by atoms with E-state index in [1.165, 1.54) is 12.1 Å². The van der Waals surface area contributed by atoms with Crippen LogP contribution in [0.4, 0.5) is 5.69 Å². The number of benzene rings is 3. The van der Waals surface area contributed by atoms with Gasteiger partial charge in [0, 0.05) is 30.1 Å². The van der Waals surface area contributed by atoms with Crippen molar-refractivity contribution in [2.24, 2.45) is 16.6 Å². The van der Waals surface area contributed by atoms with Crippen LogP contribution in [0.2, 0.25) is 0 Å². The Morgan fingerprint density at radius 1 is 0.944 bits per heavy atom. The van der Waals surface area contributed by atoms with E-state index in [1.54, 1.807) is 82.3 Å². The topological polar surface area (TPSA) is 187 Å². The van der Waals surface area contributed by atoms with E-state index in [1.807, 2.05) is 31.7 Å². The molecule has 54 heavy (non-hydrogen) atoms. The Hall–Kier alpha value is -5.80. The molecule has 0 spiro atoms. The first-order valence-electron chi connectivity index (χ1n) is 17.7. The van der Waals surface area contributed by atoms with Crippen LogP contribution in [0.25, 0.3) is 10.9 Å². The molecule has 0 aliphatic rings. The molecule has 0 aliphatic heterocycles. The molecule has 12 heteroatoms. The molecule has 0 bridgehead atoms. The number of imide groups is 1. The number of amides is 2. The van der Waals surface area contributed by atoms with E-state index in [2.05, 4.69) is 15.9 Å². The van der Waals surface area contributed by atoms with Crippen LogP contribution in [0.15, 0.2) is 77.6 Å². The molecule has 2 amide bonds. The maximum Gasteiger partial charge on any atom is 0.331 e. The molecule has 4 rings (SSSR count). The van der Waals surface area contributed by atoms with Gasteiger partial charge in [-0.15, -0.1) is 6.42 Å². The lowest BCUT2D eigenvalue weighted by atomic mass is 9.55. The van der Waals surface area contributed by atoms with Gasteiger partial charge in [0.1, 0.15) is 11.9 Å². The molecule has 1 unspecified atom stereocenters. The minimum absolute atomic E-state index is 0.0320. The van der Waals surface area contributed by atoms with E-state index in [-0.39, 0.29) is 24.1 Å². The number of H-pyrrole nitrogens is 1. The lowest BCUT2D eigenvalue weighted by Gasteiger charge is -2.55. The minimum Gasteiger partial charge on any atom is -0.480 e. The molecule has 0 radical (unpaired) electrons. The molecule has 0 saturated carbocycles. The molecule has 0 aliphatic carbocycles. The number of carbonyl (C=O) groups is 4. The number of aryl methyl sites for hydroxylation is 1. The number of nitrogens with two attached hydrogens (primary N) is 1. The van der Waals surface area contributed by atoms with E-state index in [4.69, 9.17) is 12.2 Å². The molecule has 1 heterocycles. The van der Waals surface area contributed by atoms with Gasteiger partial charge in [0.15, 0.2) is 5.54 Å². The van der Waals surface area contributed by atoms with Gasteiger partial charge in [0.05, 0.1) is 17.4 Å². The molecular weight excluding hydrogens is 686 g/mol. The minimum atomic E-state index is -2.18. The Bertz CT molecular complexity index is 2130. The van der Waals surface area contributed by atoms with Gasteiger partial charge >= 0.3 is 11.9 Å². The second-order valence-corrected chi connectivity index (χ2v) is 15.7. The van der Waals surface area contributed by atoms with Crippen molar-refractivity contribution >= 4 is 40.3 Å². The number of hydrogen-bond acceptors (Lipinski definition) is 8. The third-order valence-electron chi connectivity index (χ3n) is 9.70. The predicted molar refractivity (Wildman–Crippen MR) is 208 cm³/mol. The number of carboxylic acid groups (broad SMARTS) is 2. The van der Waals surface area contributed by atoms with E-state index >= 15 is 0 Å². The summed E-state index contributed by atoms with van der Waals surface area (Å²) in [6.07, 6.45) is 4.93. The third-order valence-corrected chi connectivity index (χ3v) is 9.70. The summed E-state index contributed by atoms with van der Waals surface area (Å²) in [7, 11) is 0. The first-order chi connectivity index (χ1) is 25.2. The highest BCUT2D eigenvalue weighted by atomic mass is 16.4. The standard InChI is InChI=1S/C42H49N5O7/c1-9-23-46(25-27-15-21-33-31(24-27)36(49)45-26(2)44-33)30-18-16-29(17-19-30)37(50)47(34(48)22-20-32(43)38(51)52)42(39(53)54,41(6,7)8)35(40(3,4)5)28-13-11-10-12-14-28/h1,10-19,21,24,32,35H,20,22-23,25,43H2,2-8H3,(H,51,52)(H,53,54)(H,44,45,49)/t32-,35?,42+/m0/s1. The number of terminal acetylenes is 1. The van der Waals surface area contributed by atoms with Crippen LogP contribution in [-0.4, -0.2) is 67.0 Å². The number of hydrogen-bond donors (Lipinski definition) is 4. The van der Waals surface area contributed by atoms with Crippen molar-refractivity contribution in [2.75, 3.05) is 11.4 Å². The summed E-state index contributed by atoms with van der Waals surface area (Å²) < 4.78 is 0. The summed E-state index contributed by atoms with van der Waals surface area (Å²) in [5.41, 5.74) is 3.89. The summed E-state index contributed by atoms with van der Waals surface area (Å²) in [4.78, 5) is 77.5. The average molecular weight is 736 g/mol. The summed E-state index contributed by atoms with van der Waals surface area (Å²) in [6, 6.07) is 19.2. The Labute approximate surface area is 315 Å². The Kier molecular flexibility index (Phi) is 12.2. The van der Waals surface area contributed by atoms with Crippen molar-refractivity contribution in [3.63, 3.8) is 0 Å². The Balaban J connectivity index is 1.85. The van der Waals surface area contributed by atoms with Gasteiger partial charge < -0.3 is 25.8 Å². The first-order valence-corrected chi connectivity index (χ1v) is 17.7. The van der Waals surface area contributed by atoms with Gasteiger partial charge in [0.25, 0.3) is 11.5 Å². The zero-order chi connectivity index (χ0) is 40.2. The van der Waals surface area contributed by atoms with Crippen LogP contribution >= 0.6 is 0 Å². The van der Waals surface area contributed by atoms with Crippen LogP contribution in [0.1, 0.15) is 87.6 Å². The molecule has 0 fully saturated rings. The number of aromatic nitrogens is 2. The van der Waals surface area contributed by atoms with Gasteiger partial charge in [-0.25, -0.2) is 9.78 Å². The fraction of sp³-hybridized carbons (Fsp3) is 0.381. The van der Waals surface area contributed by atoms with Gasteiger partial charge in [-0.3, -0.25) is 24.1 Å². The highest BCUT2D eigenvalue weighted by molar-refractivity contribution is 6.09. The zero-order valence-corrected chi connectivity index (χ0v) is 31.8. The molecular formula is C42H49N5O7. The van der Waals surface area contributed by atoms with Gasteiger partial charge in [-0.1, -0.05) is 83.9 Å². The summed E-state index contributed by atoms with van der Waals surface area (Å²) in [6.45, 7) is 12.8. The molecule has 5 N–H and O–H groups in total. The largest absolute Gasteiger partial charge is 0.480 e. The van der Waals surface area contributed by atoms with Crippen molar-refractivity contribution in [3.8, 4) is 12.3 Å². The van der Waals surface area contributed by atoms with Crippen LogP contribution < -0.4 is 16.2 Å². The van der Waals surface area contributed by atoms with Crippen molar-refractivity contribution in [1.82, 2.24) is 14.9 Å². The first kappa shape index (κ1) is 41.0. The van der Waals surface area contributed by atoms with Gasteiger partial charge in [-0.05, 0) is 71.7 Å². The smallest absolute Gasteiger partial charge is 0.331 e. The number of carboxylic acids is 2. The number of carbonyl (C=O) groups excluding carboxylic acids is 2.